The predicted octanol–water partition coefficient (Wildman–Crippen LogP) is 2.99. The van der Waals surface area contributed by atoms with Gasteiger partial charge in [0.1, 0.15) is 5.69 Å². The van der Waals surface area contributed by atoms with Gasteiger partial charge in [-0.1, -0.05) is 6.07 Å². The molecule has 1 unspecified atom stereocenters. The van der Waals surface area contributed by atoms with Gasteiger partial charge in [0, 0.05) is 24.9 Å². The summed E-state index contributed by atoms with van der Waals surface area (Å²) in [5.41, 5.74) is 2.49. The Kier molecular flexibility index (Phi) is 3.12. The summed E-state index contributed by atoms with van der Waals surface area (Å²) >= 11 is 0. The average Bonchev–Trinajstić information content (AvgIpc) is 3.18. The molecular weight excluding hydrogens is 292 g/mol. The van der Waals surface area contributed by atoms with Crippen molar-refractivity contribution in [3.8, 4) is 29.1 Å². The van der Waals surface area contributed by atoms with E-state index >= 15 is 0 Å². The molecule has 1 atom stereocenters. The molecule has 114 valence electrons. The van der Waals surface area contributed by atoms with Crippen LogP contribution in [-0.2, 0) is 6.54 Å². The molecule has 4 rings (SSSR count). The van der Waals surface area contributed by atoms with Crippen LogP contribution in [0.5, 0.6) is 11.5 Å². The number of aromatic nitrogens is 3. The third-order valence-electron chi connectivity index (χ3n) is 3.81. The van der Waals surface area contributed by atoms with E-state index in [-0.39, 0.29) is 12.7 Å². The van der Waals surface area contributed by atoms with Crippen molar-refractivity contribution in [2.24, 2.45) is 5.92 Å². The zero-order valence-corrected chi connectivity index (χ0v) is 12.6. The fraction of sp³-hybridized carbons (Fsp3) is 0.235. The summed E-state index contributed by atoms with van der Waals surface area (Å²) in [6.07, 6.45) is 1.74. The van der Waals surface area contributed by atoms with Crippen LogP contribution < -0.4 is 9.47 Å². The van der Waals surface area contributed by atoms with Gasteiger partial charge >= 0.3 is 0 Å². The van der Waals surface area contributed by atoms with Crippen LogP contribution in [0.4, 0.5) is 0 Å². The van der Waals surface area contributed by atoms with Gasteiger partial charge < -0.3 is 14.0 Å². The molecule has 2 aromatic heterocycles. The maximum Gasteiger partial charge on any atom is 0.231 e. The molecule has 1 aliphatic heterocycles. The second kappa shape index (κ2) is 5.29. The number of imidazole rings is 1. The fourth-order valence-corrected chi connectivity index (χ4v) is 2.70. The smallest absolute Gasteiger partial charge is 0.231 e. The quantitative estimate of drug-likeness (QED) is 0.743. The Labute approximate surface area is 132 Å². The second-order valence-corrected chi connectivity index (χ2v) is 5.49. The maximum atomic E-state index is 9.18. The number of nitriles is 1. The molecule has 0 N–H and O–H groups in total. The largest absolute Gasteiger partial charge is 0.454 e. The minimum absolute atomic E-state index is 0.139. The summed E-state index contributed by atoms with van der Waals surface area (Å²) in [6.45, 7) is 2.66. The van der Waals surface area contributed by atoms with E-state index in [2.05, 4.69) is 11.1 Å². The Hall–Kier alpha value is -3.07. The highest BCUT2D eigenvalue weighted by molar-refractivity contribution is 5.84. The van der Waals surface area contributed by atoms with Gasteiger partial charge in [-0.15, -0.1) is 0 Å². The van der Waals surface area contributed by atoms with Gasteiger partial charge in [-0.2, -0.15) is 5.26 Å². The molecule has 3 heterocycles. The van der Waals surface area contributed by atoms with Gasteiger partial charge in [0.05, 0.1) is 23.0 Å². The molecule has 0 saturated heterocycles. The first-order valence-electron chi connectivity index (χ1n) is 7.37. The highest BCUT2D eigenvalue weighted by atomic mass is 16.7. The van der Waals surface area contributed by atoms with Crippen molar-refractivity contribution >= 4 is 11.0 Å². The van der Waals surface area contributed by atoms with E-state index in [4.69, 9.17) is 14.5 Å². The van der Waals surface area contributed by atoms with E-state index in [0.29, 0.717) is 18.0 Å². The zero-order chi connectivity index (χ0) is 15.8. The number of ether oxygens (including phenoxy) is 2. The van der Waals surface area contributed by atoms with Crippen molar-refractivity contribution in [2.75, 3.05) is 6.79 Å². The molecular formula is C17H14N4O2. The summed E-state index contributed by atoms with van der Waals surface area (Å²) in [5.74, 6) is 2.01. The number of nitrogens with zero attached hydrogens (tertiary/aromatic N) is 4. The molecule has 6 nitrogen and oxygen atoms in total. The topological polar surface area (TPSA) is 73.0 Å². The molecule has 23 heavy (non-hydrogen) atoms. The SMILES string of the molecule is CC(C#N)Cn1c(-c2ccccn2)nc2cc3c(cc21)OCO3. The fourth-order valence-electron chi connectivity index (χ4n) is 2.70. The minimum Gasteiger partial charge on any atom is -0.454 e. The van der Waals surface area contributed by atoms with E-state index in [1.54, 1.807) is 6.20 Å². The third kappa shape index (κ3) is 2.27. The molecule has 0 saturated carbocycles. The third-order valence-corrected chi connectivity index (χ3v) is 3.81. The summed E-state index contributed by atoms with van der Waals surface area (Å²) < 4.78 is 12.9. The van der Waals surface area contributed by atoms with Crippen molar-refractivity contribution in [3.05, 3.63) is 36.5 Å². The van der Waals surface area contributed by atoms with Crippen molar-refractivity contribution in [3.63, 3.8) is 0 Å². The van der Waals surface area contributed by atoms with Crippen molar-refractivity contribution < 1.29 is 9.47 Å². The number of rotatable bonds is 3. The number of fused-ring (bicyclic) bond motifs is 2. The standard InChI is InChI=1S/C17H14N4O2/c1-11(8-18)9-21-14-7-16-15(22-10-23-16)6-13(14)20-17(21)12-4-2-3-5-19-12/h2-7,11H,9-10H2,1H3. The highest BCUT2D eigenvalue weighted by Gasteiger charge is 2.21. The van der Waals surface area contributed by atoms with Gasteiger partial charge in [-0.25, -0.2) is 4.98 Å². The van der Waals surface area contributed by atoms with Crippen LogP contribution in [0.3, 0.4) is 0 Å². The summed E-state index contributed by atoms with van der Waals surface area (Å²) in [5, 5.41) is 9.18. The average molecular weight is 306 g/mol. The molecule has 6 heteroatoms. The van der Waals surface area contributed by atoms with Crippen molar-refractivity contribution in [1.29, 1.82) is 5.26 Å². The molecule has 0 fully saturated rings. The Morgan fingerprint density at radius 1 is 1.30 bits per heavy atom. The lowest BCUT2D eigenvalue weighted by Crippen LogP contribution is -2.07. The Balaban J connectivity index is 1.94. The summed E-state index contributed by atoms with van der Waals surface area (Å²) in [7, 11) is 0. The molecule has 0 spiro atoms. The number of pyridine rings is 1. The van der Waals surface area contributed by atoms with Crippen molar-refractivity contribution in [1.82, 2.24) is 14.5 Å². The number of hydrogen-bond donors (Lipinski definition) is 0. The van der Waals surface area contributed by atoms with E-state index in [9.17, 15) is 5.26 Å². The number of benzene rings is 1. The van der Waals surface area contributed by atoms with E-state index in [1.165, 1.54) is 0 Å². The lowest BCUT2D eigenvalue weighted by molar-refractivity contribution is 0.174. The maximum absolute atomic E-state index is 9.18. The Bertz CT molecular complexity index is 912. The van der Waals surface area contributed by atoms with Crippen LogP contribution in [0.25, 0.3) is 22.6 Å². The first-order valence-corrected chi connectivity index (χ1v) is 7.37. The zero-order valence-electron chi connectivity index (χ0n) is 12.6. The van der Waals surface area contributed by atoms with Crippen LogP contribution in [0.1, 0.15) is 6.92 Å². The van der Waals surface area contributed by atoms with E-state index in [1.807, 2.05) is 41.8 Å². The van der Waals surface area contributed by atoms with Gasteiger partial charge in [0.2, 0.25) is 6.79 Å². The lowest BCUT2D eigenvalue weighted by atomic mass is 10.2. The second-order valence-electron chi connectivity index (χ2n) is 5.49. The van der Waals surface area contributed by atoms with E-state index in [0.717, 1.165) is 22.6 Å². The normalized spacial score (nSPS) is 13.9. The van der Waals surface area contributed by atoms with E-state index < -0.39 is 0 Å². The molecule has 1 aromatic carbocycles. The highest BCUT2D eigenvalue weighted by Crippen LogP contribution is 2.37. The van der Waals surface area contributed by atoms with Crippen LogP contribution >= 0.6 is 0 Å². The summed E-state index contributed by atoms with van der Waals surface area (Å²) in [4.78, 5) is 9.09. The first-order chi connectivity index (χ1) is 11.3. The molecule has 0 amide bonds. The minimum atomic E-state index is -0.139. The van der Waals surface area contributed by atoms with Crippen LogP contribution in [0.15, 0.2) is 36.5 Å². The predicted molar refractivity (Wildman–Crippen MR) is 83.9 cm³/mol. The molecule has 3 aromatic rings. The monoisotopic (exact) mass is 306 g/mol. The van der Waals surface area contributed by atoms with Gasteiger partial charge in [0.25, 0.3) is 0 Å². The van der Waals surface area contributed by atoms with Gasteiger partial charge in [-0.05, 0) is 19.1 Å². The van der Waals surface area contributed by atoms with Crippen LogP contribution in [0, 0.1) is 17.2 Å². The molecule has 0 bridgehead atoms. The molecule has 1 aliphatic rings. The van der Waals surface area contributed by atoms with Crippen LogP contribution in [0.2, 0.25) is 0 Å². The van der Waals surface area contributed by atoms with Gasteiger partial charge in [-0.3, -0.25) is 4.98 Å². The molecule has 0 radical (unpaired) electrons. The Morgan fingerprint density at radius 3 is 2.87 bits per heavy atom. The Morgan fingerprint density at radius 2 is 2.13 bits per heavy atom. The van der Waals surface area contributed by atoms with Gasteiger partial charge in [0.15, 0.2) is 17.3 Å². The van der Waals surface area contributed by atoms with Crippen molar-refractivity contribution in [2.45, 2.75) is 13.5 Å². The lowest BCUT2D eigenvalue weighted by Gasteiger charge is -2.10. The summed E-state index contributed by atoms with van der Waals surface area (Å²) in [6, 6.07) is 11.8. The molecule has 0 aliphatic carbocycles. The number of hydrogen-bond acceptors (Lipinski definition) is 5. The van der Waals surface area contributed by atoms with Crippen LogP contribution in [-0.4, -0.2) is 21.3 Å². The first kappa shape index (κ1) is 13.6.